The van der Waals surface area contributed by atoms with E-state index >= 15 is 0 Å². The van der Waals surface area contributed by atoms with E-state index in [-0.39, 0.29) is 5.54 Å². The first-order valence-corrected chi connectivity index (χ1v) is 6.52. The minimum atomic E-state index is -0.0547. The van der Waals surface area contributed by atoms with Gasteiger partial charge in [0.05, 0.1) is 6.42 Å². The Labute approximate surface area is 95.7 Å². The second kappa shape index (κ2) is 4.28. The lowest BCUT2D eigenvalue weighted by atomic mass is 9.73. The highest BCUT2D eigenvalue weighted by molar-refractivity contribution is 7.98. The van der Waals surface area contributed by atoms with Gasteiger partial charge in [0.1, 0.15) is 0 Å². The minimum absolute atomic E-state index is 0.0547. The lowest BCUT2D eigenvalue weighted by Crippen LogP contribution is -2.35. The second-order valence-corrected chi connectivity index (χ2v) is 5.09. The van der Waals surface area contributed by atoms with E-state index in [0.717, 1.165) is 19.3 Å². The SMILES string of the molecule is [C-]#[N+]C1(Cc2ccc(SC)cc2)CCC1. The molecule has 0 N–H and O–H groups in total. The van der Waals surface area contributed by atoms with Crippen LogP contribution in [-0.4, -0.2) is 11.8 Å². The zero-order valence-electron chi connectivity index (χ0n) is 8.99. The third-order valence-electron chi connectivity index (χ3n) is 3.21. The number of thioether (sulfide) groups is 1. The van der Waals surface area contributed by atoms with Crippen LogP contribution in [0.2, 0.25) is 0 Å². The standard InChI is InChI=1S/C13H15NS/c1-14-13(8-3-9-13)10-11-4-6-12(15-2)7-5-11/h4-7H,3,8-10H2,2H3. The average Bonchev–Trinajstić information content (AvgIpc) is 2.24. The highest BCUT2D eigenvalue weighted by Crippen LogP contribution is 2.38. The summed E-state index contributed by atoms with van der Waals surface area (Å²) in [5.74, 6) is 0. The van der Waals surface area contributed by atoms with Crippen molar-refractivity contribution in [3.05, 3.63) is 41.2 Å². The van der Waals surface area contributed by atoms with Gasteiger partial charge in [0.15, 0.2) is 0 Å². The molecule has 0 aromatic heterocycles. The normalized spacial score (nSPS) is 17.9. The molecule has 1 aromatic carbocycles. The van der Waals surface area contributed by atoms with Crippen LogP contribution in [0.3, 0.4) is 0 Å². The van der Waals surface area contributed by atoms with E-state index in [2.05, 4.69) is 35.4 Å². The van der Waals surface area contributed by atoms with Crippen molar-refractivity contribution in [2.24, 2.45) is 0 Å². The Hall–Kier alpha value is -0.940. The monoisotopic (exact) mass is 217 g/mol. The Balaban J connectivity index is 2.08. The molecule has 1 aliphatic rings. The van der Waals surface area contributed by atoms with Crippen molar-refractivity contribution in [2.45, 2.75) is 36.1 Å². The van der Waals surface area contributed by atoms with Crippen molar-refractivity contribution < 1.29 is 0 Å². The van der Waals surface area contributed by atoms with Crippen molar-refractivity contribution >= 4 is 11.8 Å². The maximum Gasteiger partial charge on any atom is 0.236 e. The molecule has 0 heterocycles. The summed E-state index contributed by atoms with van der Waals surface area (Å²) in [7, 11) is 0. The molecule has 0 unspecified atom stereocenters. The first kappa shape index (κ1) is 10.6. The fourth-order valence-corrected chi connectivity index (χ4v) is 2.44. The highest BCUT2D eigenvalue weighted by Gasteiger charge is 2.43. The van der Waals surface area contributed by atoms with Crippen molar-refractivity contribution in [3.63, 3.8) is 0 Å². The lowest BCUT2D eigenvalue weighted by molar-refractivity contribution is 0.301. The zero-order chi connectivity index (χ0) is 10.7. The Kier molecular flexibility index (Phi) is 3.02. The molecule has 1 aromatic rings. The third kappa shape index (κ3) is 2.18. The molecule has 0 bridgehead atoms. The fraction of sp³-hybridized carbons (Fsp3) is 0.462. The zero-order valence-corrected chi connectivity index (χ0v) is 9.81. The molecule has 1 fully saturated rings. The molecule has 1 nitrogen and oxygen atoms in total. The number of nitrogens with zero attached hydrogens (tertiary/aromatic N) is 1. The number of hydrogen-bond acceptors (Lipinski definition) is 1. The Morgan fingerprint density at radius 1 is 1.33 bits per heavy atom. The van der Waals surface area contributed by atoms with Gasteiger partial charge in [0.25, 0.3) is 0 Å². The molecule has 0 saturated heterocycles. The van der Waals surface area contributed by atoms with E-state index in [0.29, 0.717) is 0 Å². The van der Waals surface area contributed by atoms with Gasteiger partial charge < -0.3 is 4.85 Å². The van der Waals surface area contributed by atoms with Crippen LogP contribution in [0.25, 0.3) is 4.85 Å². The van der Waals surface area contributed by atoms with Gasteiger partial charge in [0, 0.05) is 17.7 Å². The Morgan fingerprint density at radius 3 is 2.40 bits per heavy atom. The van der Waals surface area contributed by atoms with Gasteiger partial charge in [-0.2, -0.15) is 0 Å². The topological polar surface area (TPSA) is 4.36 Å². The minimum Gasteiger partial charge on any atom is -0.310 e. The molecule has 0 aliphatic heterocycles. The van der Waals surface area contributed by atoms with Crippen LogP contribution in [0.4, 0.5) is 0 Å². The maximum atomic E-state index is 7.26. The number of benzene rings is 1. The van der Waals surface area contributed by atoms with Gasteiger partial charge in [-0.05, 0) is 30.4 Å². The summed E-state index contributed by atoms with van der Waals surface area (Å²) < 4.78 is 0. The molecule has 2 heteroatoms. The lowest BCUT2D eigenvalue weighted by Gasteiger charge is -2.30. The van der Waals surface area contributed by atoms with Crippen molar-refractivity contribution in [1.82, 2.24) is 0 Å². The third-order valence-corrected chi connectivity index (χ3v) is 3.96. The van der Waals surface area contributed by atoms with Crippen LogP contribution in [0.1, 0.15) is 24.8 Å². The van der Waals surface area contributed by atoms with Gasteiger partial charge >= 0.3 is 0 Å². The van der Waals surface area contributed by atoms with Crippen molar-refractivity contribution in [1.29, 1.82) is 0 Å². The summed E-state index contributed by atoms with van der Waals surface area (Å²) in [6, 6.07) is 8.63. The molecule has 0 spiro atoms. The molecular weight excluding hydrogens is 202 g/mol. The van der Waals surface area contributed by atoms with E-state index in [1.807, 2.05) is 0 Å². The molecule has 1 saturated carbocycles. The Bertz CT molecular complexity index is 371. The van der Waals surface area contributed by atoms with E-state index in [1.54, 1.807) is 11.8 Å². The molecule has 78 valence electrons. The van der Waals surface area contributed by atoms with Crippen molar-refractivity contribution in [3.8, 4) is 0 Å². The van der Waals surface area contributed by atoms with Gasteiger partial charge in [-0.3, -0.25) is 0 Å². The number of hydrogen-bond donors (Lipinski definition) is 0. The summed E-state index contributed by atoms with van der Waals surface area (Å²) in [6.07, 6.45) is 6.42. The molecular formula is C13H15NS. The molecule has 15 heavy (non-hydrogen) atoms. The predicted octanol–water partition coefficient (Wildman–Crippen LogP) is 3.79. The van der Waals surface area contributed by atoms with Crippen LogP contribution >= 0.6 is 11.8 Å². The van der Waals surface area contributed by atoms with E-state index in [9.17, 15) is 0 Å². The molecule has 0 amide bonds. The number of rotatable bonds is 3. The van der Waals surface area contributed by atoms with Gasteiger partial charge in [-0.15, -0.1) is 11.8 Å². The van der Waals surface area contributed by atoms with Crippen LogP contribution in [0.5, 0.6) is 0 Å². The maximum absolute atomic E-state index is 7.26. The second-order valence-electron chi connectivity index (χ2n) is 4.21. The summed E-state index contributed by atoms with van der Waals surface area (Å²) in [5, 5.41) is 0. The first-order valence-electron chi connectivity index (χ1n) is 5.30. The first-order chi connectivity index (χ1) is 7.28. The van der Waals surface area contributed by atoms with Crippen LogP contribution in [0.15, 0.2) is 29.2 Å². The molecule has 2 rings (SSSR count). The van der Waals surface area contributed by atoms with Gasteiger partial charge in [-0.1, -0.05) is 12.1 Å². The van der Waals surface area contributed by atoms with Gasteiger partial charge in [-0.25, -0.2) is 6.57 Å². The van der Waals surface area contributed by atoms with E-state index in [4.69, 9.17) is 6.57 Å². The van der Waals surface area contributed by atoms with E-state index in [1.165, 1.54) is 16.9 Å². The molecule has 0 radical (unpaired) electrons. The Morgan fingerprint density at radius 2 is 2.00 bits per heavy atom. The predicted molar refractivity (Wildman–Crippen MR) is 65.1 cm³/mol. The summed E-state index contributed by atoms with van der Waals surface area (Å²) in [5.41, 5.74) is 1.25. The molecule has 1 aliphatic carbocycles. The van der Waals surface area contributed by atoms with Crippen molar-refractivity contribution in [2.75, 3.05) is 6.26 Å². The fourth-order valence-electron chi connectivity index (χ4n) is 2.04. The van der Waals surface area contributed by atoms with Gasteiger partial charge in [0.2, 0.25) is 5.54 Å². The summed E-state index contributed by atoms with van der Waals surface area (Å²) >= 11 is 1.76. The largest absolute Gasteiger partial charge is 0.310 e. The van der Waals surface area contributed by atoms with Crippen LogP contribution < -0.4 is 0 Å². The van der Waals surface area contributed by atoms with E-state index < -0.39 is 0 Å². The highest BCUT2D eigenvalue weighted by atomic mass is 32.2. The smallest absolute Gasteiger partial charge is 0.236 e. The quantitative estimate of drug-likeness (QED) is 0.550. The average molecular weight is 217 g/mol. The summed E-state index contributed by atoms with van der Waals surface area (Å²) in [6.45, 7) is 7.26. The van der Waals surface area contributed by atoms with Crippen LogP contribution in [-0.2, 0) is 6.42 Å². The van der Waals surface area contributed by atoms with Crippen LogP contribution in [0, 0.1) is 6.57 Å². The molecule has 0 atom stereocenters. The summed E-state index contributed by atoms with van der Waals surface area (Å²) in [4.78, 5) is 5.10.